The predicted molar refractivity (Wildman–Crippen MR) is 92.3 cm³/mol. The highest BCUT2D eigenvalue weighted by Crippen LogP contribution is 2.24. The lowest BCUT2D eigenvalue weighted by Crippen LogP contribution is -2.35. The highest BCUT2D eigenvalue weighted by Gasteiger charge is 2.24. The zero-order chi connectivity index (χ0) is 18.3. The minimum absolute atomic E-state index is 0.0856. The number of fused-ring (bicyclic) bond motifs is 1. The third kappa shape index (κ3) is 3.06. The molecule has 0 bridgehead atoms. The molecule has 134 valence electrons. The van der Waals surface area contributed by atoms with Crippen LogP contribution in [0.25, 0.3) is 10.7 Å². The van der Waals surface area contributed by atoms with E-state index in [2.05, 4.69) is 9.97 Å². The Labute approximate surface area is 150 Å². The molecular formula is C18H14F3N3OS. The zero-order valence-electron chi connectivity index (χ0n) is 13.6. The Bertz CT molecular complexity index is 1020. The summed E-state index contributed by atoms with van der Waals surface area (Å²) in [6, 6.07) is 5.41. The molecule has 4 nitrogen and oxygen atoms in total. The van der Waals surface area contributed by atoms with E-state index in [1.54, 1.807) is 4.90 Å². The summed E-state index contributed by atoms with van der Waals surface area (Å²) in [6.07, 6.45) is 0.418. The van der Waals surface area contributed by atoms with E-state index in [9.17, 15) is 18.0 Å². The monoisotopic (exact) mass is 377 g/mol. The van der Waals surface area contributed by atoms with Crippen LogP contribution >= 0.6 is 11.3 Å². The maximum Gasteiger partial charge on any atom is 0.254 e. The molecule has 1 aliphatic rings. The molecule has 0 unspecified atom stereocenters. The van der Waals surface area contributed by atoms with Gasteiger partial charge in [-0.3, -0.25) is 9.69 Å². The van der Waals surface area contributed by atoms with Crippen molar-refractivity contribution in [3.8, 4) is 10.7 Å². The van der Waals surface area contributed by atoms with Crippen molar-refractivity contribution in [2.24, 2.45) is 0 Å². The van der Waals surface area contributed by atoms with Gasteiger partial charge < -0.3 is 4.98 Å². The van der Waals surface area contributed by atoms with Crippen molar-refractivity contribution >= 4 is 11.3 Å². The number of aromatic amines is 1. The molecule has 1 aliphatic heterocycles. The summed E-state index contributed by atoms with van der Waals surface area (Å²) in [4.78, 5) is 22.2. The number of hydrogen-bond acceptors (Lipinski definition) is 4. The fourth-order valence-corrected chi connectivity index (χ4v) is 3.77. The zero-order valence-corrected chi connectivity index (χ0v) is 14.4. The van der Waals surface area contributed by atoms with Crippen LogP contribution in [0.2, 0.25) is 0 Å². The Morgan fingerprint density at radius 1 is 1.19 bits per heavy atom. The third-order valence-corrected chi connectivity index (χ3v) is 5.30. The van der Waals surface area contributed by atoms with Crippen molar-refractivity contribution < 1.29 is 13.2 Å². The molecule has 0 fully saturated rings. The molecule has 0 atom stereocenters. The van der Waals surface area contributed by atoms with Crippen molar-refractivity contribution in [1.29, 1.82) is 0 Å². The Morgan fingerprint density at radius 2 is 2.00 bits per heavy atom. The van der Waals surface area contributed by atoms with Crippen molar-refractivity contribution in [2.75, 3.05) is 6.54 Å². The van der Waals surface area contributed by atoms with E-state index in [1.807, 2.05) is 17.5 Å². The van der Waals surface area contributed by atoms with E-state index < -0.39 is 17.5 Å². The van der Waals surface area contributed by atoms with Gasteiger partial charge in [-0.2, -0.15) is 0 Å². The third-order valence-electron chi connectivity index (χ3n) is 4.43. The van der Waals surface area contributed by atoms with Crippen LogP contribution in [0.15, 0.2) is 34.4 Å². The number of aromatic nitrogens is 2. The van der Waals surface area contributed by atoms with Crippen molar-refractivity contribution in [3.63, 3.8) is 0 Å². The number of H-pyrrole nitrogens is 1. The minimum Gasteiger partial charge on any atom is -0.306 e. The standard InChI is InChI=1S/C18H14F3N3OS/c19-12-3-4-13(20)16(21)11(12)8-24-6-5-10-14(9-24)22-17(23-18(10)25)15-2-1-7-26-15/h1-4,7H,5-6,8-9H2,(H,22,23,25). The van der Waals surface area contributed by atoms with Crippen molar-refractivity contribution in [3.05, 3.63) is 74.3 Å². The molecule has 3 heterocycles. The fraction of sp³-hybridized carbons (Fsp3) is 0.222. The lowest BCUT2D eigenvalue weighted by molar-refractivity contribution is 0.232. The molecule has 2 aromatic heterocycles. The van der Waals surface area contributed by atoms with Gasteiger partial charge in [0.1, 0.15) is 5.82 Å². The fourth-order valence-electron chi connectivity index (χ4n) is 3.10. The van der Waals surface area contributed by atoms with E-state index in [-0.39, 0.29) is 24.2 Å². The molecule has 4 rings (SSSR count). The quantitative estimate of drug-likeness (QED) is 0.711. The van der Waals surface area contributed by atoms with Crippen LogP contribution in [0.4, 0.5) is 13.2 Å². The lowest BCUT2D eigenvalue weighted by atomic mass is 10.0. The summed E-state index contributed by atoms with van der Waals surface area (Å²) < 4.78 is 41.2. The van der Waals surface area contributed by atoms with Gasteiger partial charge in [-0.15, -0.1) is 11.3 Å². The molecule has 1 aromatic carbocycles. The Kier molecular flexibility index (Phi) is 4.37. The van der Waals surface area contributed by atoms with Gasteiger partial charge in [0.15, 0.2) is 17.5 Å². The second-order valence-corrected chi connectivity index (χ2v) is 7.05. The number of benzene rings is 1. The molecule has 0 amide bonds. The van der Waals surface area contributed by atoms with Crippen LogP contribution in [0.5, 0.6) is 0 Å². The summed E-state index contributed by atoms with van der Waals surface area (Å²) in [6.45, 7) is 0.621. The maximum absolute atomic E-state index is 13.9. The number of nitrogens with one attached hydrogen (secondary N) is 1. The number of thiophene rings is 1. The Balaban J connectivity index is 1.64. The first-order valence-corrected chi connectivity index (χ1v) is 8.91. The van der Waals surface area contributed by atoms with E-state index in [0.29, 0.717) is 30.0 Å². The molecule has 26 heavy (non-hydrogen) atoms. The Hall–Kier alpha value is -2.45. The molecule has 0 saturated carbocycles. The van der Waals surface area contributed by atoms with Gasteiger partial charge in [0.2, 0.25) is 0 Å². The van der Waals surface area contributed by atoms with E-state index in [0.717, 1.165) is 17.0 Å². The van der Waals surface area contributed by atoms with Gasteiger partial charge >= 0.3 is 0 Å². The van der Waals surface area contributed by atoms with E-state index in [1.165, 1.54) is 11.3 Å². The maximum atomic E-state index is 13.9. The average Bonchev–Trinajstić information content (AvgIpc) is 3.16. The first-order valence-electron chi connectivity index (χ1n) is 8.03. The van der Waals surface area contributed by atoms with Crippen LogP contribution in [-0.4, -0.2) is 21.4 Å². The highest BCUT2D eigenvalue weighted by atomic mass is 32.1. The topological polar surface area (TPSA) is 49.0 Å². The number of hydrogen-bond donors (Lipinski definition) is 1. The largest absolute Gasteiger partial charge is 0.306 e. The number of nitrogens with zero attached hydrogens (tertiary/aromatic N) is 2. The Morgan fingerprint density at radius 3 is 2.77 bits per heavy atom. The average molecular weight is 377 g/mol. The summed E-state index contributed by atoms with van der Waals surface area (Å²) in [5, 5.41) is 1.89. The van der Waals surface area contributed by atoms with Gasteiger partial charge in [-0.25, -0.2) is 18.2 Å². The van der Waals surface area contributed by atoms with Crippen LogP contribution in [0.3, 0.4) is 0 Å². The summed E-state index contributed by atoms with van der Waals surface area (Å²) in [7, 11) is 0. The smallest absolute Gasteiger partial charge is 0.254 e. The van der Waals surface area contributed by atoms with E-state index >= 15 is 0 Å². The first kappa shape index (κ1) is 17.0. The number of rotatable bonds is 3. The molecule has 8 heteroatoms. The molecule has 0 radical (unpaired) electrons. The minimum atomic E-state index is -1.17. The van der Waals surface area contributed by atoms with Crippen LogP contribution in [0.1, 0.15) is 16.8 Å². The molecule has 0 saturated heterocycles. The molecule has 0 aliphatic carbocycles. The summed E-state index contributed by atoms with van der Waals surface area (Å²) in [5.74, 6) is -2.55. The molecule has 3 aromatic rings. The first-order chi connectivity index (χ1) is 12.5. The van der Waals surface area contributed by atoms with Gasteiger partial charge in [-0.05, 0) is 30.0 Å². The van der Waals surface area contributed by atoms with Gasteiger partial charge in [-0.1, -0.05) is 6.07 Å². The second-order valence-electron chi connectivity index (χ2n) is 6.10. The SMILES string of the molecule is O=c1[nH]c(-c2cccs2)nc2c1CCN(Cc1c(F)ccc(F)c1F)C2. The van der Waals surface area contributed by atoms with Crippen LogP contribution in [-0.2, 0) is 19.5 Å². The molecule has 1 N–H and O–H groups in total. The normalized spacial score (nSPS) is 14.4. The molecule has 0 spiro atoms. The van der Waals surface area contributed by atoms with Gasteiger partial charge in [0.05, 0.1) is 10.6 Å². The van der Waals surface area contributed by atoms with Gasteiger partial charge in [0.25, 0.3) is 5.56 Å². The predicted octanol–water partition coefficient (Wildman–Crippen LogP) is 3.47. The molecular weight excluding hydrogens is 363 g/mol. The van der Waals surface area contributed by atoms with Gasteiger partial charge in [0, 0.05) is 30.8 Å². The highest BCUT2D eigenvalue weighted by molar-refractivity contribution is 7.13. The van der Waals surface area contributed by atoms with Crippen molar-refractivity contribution in [1.82, 2.24) is 14.9 Å². The second kappa shape index (κ2) is 6.69. The number of halogens is 3. The van der Waals surface area contributed by atoms with E-state index in [4.69, 9.17) is 0 Å². The van der Waals surface area contributed by atoms with Crippen molar-refractivity contribution in [2.45, 2.75) is 19.5 Å². The summed E-state index contributed by atoms with van der Waals surface area (Å²) in [5.41, 5.74) is 0.667. The van der Waals surface area contributed by atoms with Crippen LogP contribution < -0.4 is 5.56 Å². The lowest BCUT2D eigenvalue weighted by Gasteiger charge is -2.28. The van der Waals surface area contributed by atoms with Crippen LogP contribution in [0, 0.1) is 17.5 Å². The summed E-state index contributed by atoms with van der Waals surface area (Å²) >= 11 is 1.46.